The highest BCUT2D eigenvalue weighted by molar-refractivity contribution is 6.10. The fourth-order valence-electron chi connectivity index (χ4n) is 5.24. The van der Waals surface area contributed by atoms with E-state index in [0.29, 0.717) is 28.1 Å². The highest BCUT2D eigenvalue weighted by Gasteiger charge is 2.48. The van der Waals surface area contributed by atoms with Gasteiger partial charge in [-0.05, 0) is 42.3 Å². The standard InChI is InChI=1S/C34H32FN5O5/c1-4-5-6-7-23(18-36-2)25-13-14-26(41)30(37-25)22-10-8-21(9-11-22)16-17-34(32(43)38-33(44)39-34)20-40-19-24-12-15-27(45-3)29(35)28(24)31(40)42/h7-15,18,41H,4-6,19-20H2,1-3H3,(H2,38,39,43,44)/b23-7+,36-18?. The number of nitrogens with zero attached hydrogens (tertiary/aromatic N) is 3. The third-order valence-corrected chi connectivity index (χ3v) is 7.58. The number of aromatic nitrogens is 1. The number of imide groups is 1. The second kappa shape index (κ2) is 13.0. The number of aliphatic imine (C=N–C) groups is 1. The van der Waals surface area contributed by atoms with Gasteiger partial charge in [0.05, 0.1) is 24.9 Å². The second-order valence-electron chi connectivity index (χ2n) is 10.7. The number of halogens is 1. The number of allylic oxidation sites excluding steroid dienone is 2. The van der Waals surface area contributed by atoms with Crippen molar-refractivity contribution in [3.8, 4) is 34.6 Å². The molecule has 2 aliphatic rings. The maximum atomic E-state index is 14.9. The van der Waals surface area contributed by atoms with Crippen LogP contribution in [0.4, 0.5) is 9.18 Å². The number of unbranched alkanes of at least 4 members (excludes halogenated alkanes) is 2. The number of ether oxygens (including phenoxy) is 1. The van der Waals surface area contributed by atoms with Crippen LogP contribution in [0.3, 0.4) is 0 Å². The Labute approximate surface area is 260 Å². The summed E-state index contributed by atoms with van der Waals surface area (Å²) in [5, 5.41) is 15.3. The average Bonchev–Trinajstić information content (AvgIpc) is 3.50. The zero-order valence-electron chi connectivity index (χ0n) is 25.1. The Morgan fingerprint density at radius 1 is 1.18 bits per heavy atom. The van der Waals surface area contributed by atoms with Crippen molar-refractivity contribution in [2.45, 2.75) is 38.3 Å². The van der Waals surface area contributed by atoms with Crippen LogP contribution in [0.5, 0.6) is 11.5 Å². The maximum absolute atomic E-state index is 14.9. The fraction of sp³-hybridized carbons (Fsp3) is 0.265. The minimum absolute atomic E-state index is 0.00792. The van der Waals surface area contributed by atoms with Crippen molar-refractivity contribution >= 4 is 29.6 Å². The zero-order chi connectivity index (χ0) is 32.1. The third kappa shape index (κ3) is 6.26. The molecule has 0 spiro atoms. The van der Waals surface area contributed by atoms with E-state index in [0.717, 1.165) is 24.8 Å². The van der Waals surface area contributed by atoms with Crippen LogP contribution in [0.25, 0.3) is 16.8 Å². The van der Waals surface area contributed by atoms with Crippen molar-refractivity contribution < 1.29 is 28.6 Å². The number of pyridine rings is 1. The van der Waals surface area contributed by atoms with Gasteiger partial charge in [0.25, 0.3) is 11.8 Å². The van der Waals surface area contributed by atoms with Crippen molar-refractivity contribution in [3.63, 3.8) is 0 Å². The molecule has 1 aromatic heterocycles. The van der Waals surface area contributed by atoms with Crippen molar-refractivity contribution in [3.05, 3.63) is 82.8 Å². The highest BCUT2D eigenvalue weighted by atomic mass is 19.1. The van der Waals surface area contributed by atoms with Crippen molar-refractivity contribution in [1.29, 1.82) is 0 Å². The Hall–Kier alpha value is -5.50. The molecule has 1 saturated heterocycles. The number of carbonyl (C=O) groups excluding carboxylic acids is 3. The van der Waals surface area contributed by atoms with E-state index < -0.39 is 29.2 Å². The maximum Gasteiger partial charge on any atom is 0.323 e. The van der Waals surface area contributed by atoms with Crippen LogP contribution in [0.15, 0.2) is 59.6 Å². The van der Waals surface area contributed by atoms with Crippen LogP contribution in [0.1, 0.15) is 53.4 Å². The van der Waals surface area contributed by atoms with E-state index in [2.05, 4.69) is 45.5 Å². The summed E-state index contributed by atoms with van der Waals surface area (Å²) in [5.41, 5.74) is 1.61. The lowest BCUT2D eigenvalue weighted by Gasteiger charge is -2.26. The van der Waals surface area contributed by atoms with Gasteiger partial charge in [-0.15, -0.1) is 0 Å². The summed E-state index contributed by atoms with van der Waals surface area (Å²) in [6.45, 7) is 1.86. The number of urea groups is 1. The molecule has 4 amide bonds. The summed E-state index contributed by atoms with van der Waals surface area (Å²) in [5.74, 6) is 3.57. The first-order chi connectivity index (χ1) is 21.7. The normalized spacial score (nSPS) is 17.6. The van der Waals surface area contributed by atoms with Crippen LogP contribution in [-0.2, 0) is 11.3 Å². The van der Waals surface area contributed by atoms with E-state index in [1.165, 1.54) is 18.1 Å². The van der Waals surface area contributed by atoms with Gasteiger partial charge in [0, 0.05) is 36.5 Å². The Morgan fingerprint density at radius 3 is 2.62 bits per heavy atom. The molecule has 0 bridgehead atoms. The number of rotatable bonds is 9. The van der Waals surface area contributed by atoms with Crippen LogP contribution < -0.4 is 15.4 Å². The summed E-state index contributed by atoms with van der Waals surface area (Å²) in [7, 11) is 3.00. The zero-order valence-corrected chi connectivity index (χ0v) is 25.1. The lowest BCUT2D eigenvalue weighted by molar-refractivity contribution is -0.122. The molecule has 0 aliphatic carbocycles. The average molecular weight is 610 g/mol. The molecule has 3 heterocycles. The van der Waals surface area contributed by atoms with E-state index in [9.17, 15) is 23.9 Å². The summed E-state index contributed by atoms with van der Waals surface area (Å²) in [6.07, 6.45) is 6.81. The number of carbonyl (C=O) groups is 3. The van der Waals surface area contributed by atoms with Gasteiger partial charge in [0.1, 0.15) is 11.4 Å². The Morgan fingerprint density at radius 2 is 1.96 bits per heavy atom. The molecule has 2 aliphatic heterocycles. The molecule has 10 nitrogen and oxygen atoms in total. The Bertz CT molecular complexity index is 1790. The third-order valence-electron chi connectivity index (χ3n) is 7.58. The number of methoxy groups -OCH3 is 1. The van der Waals surface area contributed by atoms with Gasteiger partial charge >= 0.3 is 6.03 Å². The molecule has 230 valence electrons. The minimum Gasteiger partial charge on any atom is -0.506 e. The van der Waals surface area contributed by atoms with Crippen LogP contribution in [0, 0.1) is 17.7 Å². The SMILES string of the molecule is CCCC/C=C(\C=NC)c1ccc(O)c(-c2ccc(C#CC3(CN4Cc5ccc(OC)c(F)c5C4=O)NC(=O)NC3=O)cc2)n1. The van der Waals surface area contributed by atoms with Crippen molar-refractivity contribution in [1.82, 2.24) is 20.5 Å². The molecule has 2 aromatic carbocycles. The molecule has 3 N–H and O–H groups in total. The highest BCUT2D eigenvalue weighted by Crippen LogP contribution is 2.32. The largest absolute Gasteiger partial charge is 0.506 e. The van der Waals surface area contributed by atoms with Gasteiger partial charge in [-0.2, -0.15) is 0 Å². The molecule has 5 rings (SSSR count). The van der Waals surface area contributed by atoms with Crippen LogP contribution in [0.2, 0.25) is 0 Å². The van der Waals surface area contributed by atoms with E-state index in [4.69, 9.17) is 4.74 Å². The molecule has 3 aromatic rings. The number of benzene rings is 2. The van der Waals surface area contributed by atoms with Gasteiger partial charge in [0.2, 0.25) is 5.54 Å². The summed E-state index contributed by atoms with van der Waals surface area (Å²) in [6, 6.07) is 12.5. The number of hydrogen-bond donors (Lipinski definition) is 3. The van der Waals surface area contributed by atoms with Gasteiger partial charge < -0.3 is 20.1 Å². The monoisotopic (exact) mass is 609 g/mol. The Balaban J connectivity index is 1.40. The van der Waals surface area contributed by atoms with Crippen LogP contribution >= 0.6 is 0 Å². The first-order valence-corrected chi connectivity index (χ1v) is 14.4. The van der Waals surface area contributed by atoms with E-state index in [-0.39, 0.29) is 30.2 Å². The van der Waals surface area contributed by atoms with Crippen molar-refractivity contribution in [2.75, 3.05) is 20.7 Å². The smallest absolute Gasteiger partial charge is 0.323 e. The quantitative estimate of drug-likeness (QED) is 0.142. The van der Waals surface area contributed by atoms with Gasteiger partial charge in [-0.25, -0.2) is 14.2 Å². The van der Waals surface area contributed by atoms with Crippen molar-refractivity contribution in [2.24, 2.45) is 4.99 Å². The molecule has 45 heavy (non-hydrogen) atoms. The first-order valence-electron chi connectivity index (χ1n) is 14.4. The van der Waals surface area contributed by atoms with Crippen LogP contribution in [-0.4, -0.2) is 65.3 Å². The molecule has 0 saturated carbocycles. The predicted octanol–water partition coefficient (Wildman–Crippen LogP) is 4.46. The molecular formula is C34H32FN5O5. The molecule has 11 heteroatoms. The molecule has 1 unspecified atom stereocenters. The molecular weight excluding hydrogens is 577 g/mol. The van der Waals surface area contributed by atoms with E-state index >= 15 is 0 Å². The Kier molecular flexibility index (Phi) is 8.95. The molecule has 0 radical (unpaired) electrons. The summed E-state index contributed by atoms with van der Waals surface area (Å²) >= 11 is 0. The number of hydrogen-bond acceptors (Lipinski definition) is 7. The second-order valence-corrected chi connectivity index (χ2v) is 10.7. The molecule has 1 atom stereocenters. The first kappa shape index (κ1) is 30.9. The lowest BCUT2D eigenvalue weighted by Crippen LogP contribution is -2.54. The minimum atomic E-state index is -1.76. The van der Waals surface area contributed by atoms with Gasteiger partial charge in [0.15, 0.2) is 11.6 Å². The topological polar surface area (TPSA) is 133 Å². The number of aromatic hydroxyl groups is 1. The number of amides is 4. The number of fused-ring (bicyclic) bond motifs is 1. The van der Waals surface area contributed by atoms with E-state index in [1.54, 1.807) is 55.7 Å². The van der Waals surface area contributed by atoms with Gasteiger partial charge in [-0.3, -0.25) is 19.9 Å². The number of nitrogens with one attached hydrogen (secondary N) is 2. The van der Waals surface area contributed by atoms with Gasteiger partial charge in [-0.1, -0.05) is 55.9 Å². The lowest BCUT2D eigenvalue weighted by atomic mass is 9.98. The summed E-state index contributed by atoms with van der Waals surface area (Å²) < 4.78 is 19.9. The molecule has 1 fully saturated rings. The fourth-order valence-corrected chi connectivity index (χ4v) is 5.24. The summed E-state index contributed by atoms with van der Waals surface area (Å²) in [4.78, 5) is 48.4. The van der Waals surface area contributed by atoms with E-state index in [1.807, 2.05) is 0 Å². The predicted molar refractivity (Wildman–Crippen MR) is 167 cm³/mol.